The van der Waals surface area contributed by atoms with E-state index in [-0.39, 0.29) is 0 Å². The Morgan fingerprint density at radius 1 is 0.488 bits per heavy atom. The van der Waals surface area contributed by atoms with E-state index in [2.05, 4.69) is 38.2 Å². The van der Waals surface area contributed by atoms with E-state index in [1.807, 2.05) is 0 Å². The van der Waals surface area contributed by atoms with Gasteiger partial charge in [0.05, 0.1) is 24.4 Å². The first-order valence-corrected chi connectivity index (χ1v) is 19.5. The van der Waals surface area contributed by atoms with Crippen LogP contribution in [0.3, 0.4) is 0 Å². The van der Waals surface area contributed by atoms with Crippen molar-refractivity contribution in [2.24, 2.45) is 0 Å². The van der Waals surface area contributed by atoms with Gasteiger partial charge in [0.1, 0.15) is 0 Å². The van der Waals surface area contributed by atoms with Gasteiger partial charge in [0.25, 0.3) is 0 Å². The van der Waals surface area contributed by atoms with Crippen molar-refractivity contribution in [1.82, 2.24) is 0 Å². The van der Waals surface area contributed by atoms with Gasteiger partial charge < -0.3 is 14.2 Å². The third kappa shape index (κ3) is 22.5. The second-order valence-electron chi connectivity index (χ2n) is 13.7. The van der Waals surface area contributed by atoms with Gasteiger partial charge in [-0.3, -0.25) is 0 Å². The highest BCUT2D eigenvalue weighted by molar-refractivity contribution is 4.83. The van der Waals surface area contributed by atoms with Crippen LogP contribution in [0.2, 0.25) is 0 Å². The molecule has 0 aliphatic carbocycles. The highest BCUT2D eigenvalue weighted by Gasteiger charge is 2.22. The van der Waals surface area contributed by atoms with E-state index in [4.69, 9.17) is 14.2 Å². The molecule has 2 saturated heterocycles. The van der Waals surface area contributed by atoms with Crippen molar-refractivity contribution in [1.29, 1.82) is 0 Å². The molecule has 0 aromatic rings. The molecule has 0 radical (unpaired) electrons. The lowest BCUT2D eigenvalue weighted by Gasteiger charge is -2.29. The molecule has 4 atom stereocenters. The molecule has 2 heterocycles. The second kappa shape index (κ2) is 28.8. The van der Waals surface area contributed by atoms with Gasteiger partial charge in [0.2, 0.25) is 0 Å². The lowest BCUT2D eigenvalue weighted by molar-refractivity contribution is -0.0668. The molecule has 43 heavy (non-hydrogen) atoms. The number of ether oxygens (including phenoxy) is 3. The molecular formula is C40H74O3. The maximum atomic E-state index is 6.97. The summed E-state index contributed by atoms with van der Waals surface area (Å²) in [5.41, 5.74) is 0. The fraction of sp³-hybridized carbons (Fsp3) is 0.900. The first-order chi connectivity index (χ1) is 21.3. The van der Waals surface area contributed by atoms with Crippen LogP contribution >= 0.6 is 0 Å². The van der Waals surface area contributed by atoms with Gasteiger partial charge >= 0.3 is 0 Å². The average Bonchev–Trinajstić information content (AvgIpc) is 2.96. The van der Waals surface area contributed by atoms with Gasteiger partial charge in [0.15, 0.2) is 0 Å². The van der Waals surface area contributed by atoms with Crippen molar-refractivity contribution in [2.45, 2.75) is 218 Å². The molecule has 0 saturated carbocycles. The number of hydrogen-bond acceptors (Lipinski definition) is 3. The molecular weight excluding hydrogens is 528 g/mol. The summed E-state index contributed by atoms with van der Waals surface area (Å²) < 4.78 is 18.4. The lowest BCUT2D eigenvalue weighted by Crippen LogP contribution is -2.28. The maximum absolute atomic E-state index is 6.97. The van der Waals surface area contributed by atoms with E-state index in [0.29, 0.717) is 24.4 Å². The normalized spacial score (nSPS) is 20.0. The molecule has 0 amide bonds. The molecule has 2 aliphatic rings. The quantitative estimate of drug-likeness (QED) is 0.0566. The third-order valence-corrected chi connectivity index (χ3v) is 9.65. The van der Waals surface area contributed by atoms with Gasteiger partial charge in [-0.1, -0.05) is 102 Å². The van der Waals surface area contributed by atoms with Crippen LogP contribution in [0.1, 0.15) is 194 Å². The van der Waals surface area contributed by atoms with Crippen molar-refractivity contribution in [3.05, 3.63) is 24.3 Å². The first-order valence-electron chi connectivity index (χ1n) is 19.5. The highest BCUT2D eigenvalue weighted by atomic mass is 16.5. The Bertz CT molecular complexity index is 582. The largest absolute Gasteiger partial charge is 0.378 e. The summed E-state index contributed by atoms with van der Waals surface area (Å²) in [6.45, 7) is 6.53. The van der Waals surface area contributed by atoms with E-state index >= 15 is 0 Å². The monoisotopic (exact) mass is 603 g/mol. The summed E-state index contributed by atoms with van der Waals surface area (Å²) >= 11 is 0. The van der Waals surface area contributed by atoms with Crippen molar-refractivity contribution in [3.8, 4) is 0 Å². The van der Waals surface area contributed by atoms with Crippen LogP contribution in [-0.4, -0.2) is 37.6 Å². The zero-order valence-corrected chi connectivity index (χ0v) is 29.1. The fourth-order valence-corrected chi connectivity index (χ4v) is 6.49. The van der Waals surface area contributed by atoms with Crippen LogP contribution in [0, 0.1) is 0 Å². The zero-order chi connectivity index (χ0) is 30.5. The minimum atomic E-state index is 0.403. The molecule has 252 valence electrons. The van der Waals surface area contributed by atoms with Crippen LogP contribution in [-0.2, 0) is 14.2 Å². The highest BCUT2D eigenvalue weighted by Crippen LogP contribution is 2.25. The number of allylic oxidation sites excluding steroid dienone is 4. The van der Waals surface area contributed by atoms with Crippen LogP contribution in [0.15, 0.2) is 24.3 Å². The van der Waals surface area contributed by atoms with Gasteiger partial charge in [-0.15, -0.1) is 0 Å². The standard InChI is InChI=1S/C40H74O3/c1-3-5-7-9-11-13-15-17-19-21-23-27-39(31-25-29-37-33-35-41-37)43-40(32-26-30-38-34-36-42-38)28-24-22-20-18-16-14-12-10-8-6-4-2/h17-20,37-40H,3-16,21-36H2,1-2H3/b19-17-,20-18-. The summed E-state index contributed by atoms with van der Waals surface area (Å²) in [7, 11) is 0. The Hall–Kier alpha value is -0.640. The van der Waals surface area contributed by atoms with Crippen LogP contribution in [0.5, 0.6) is 0 Å². The van der Waals surface area contributed by atoms with E-state index in [0.717, 1.165) is 13.2 Å². The Labute approximate surface area is 269 Å². The number of rotatable bonds is 32. The SMILES string of the molecule is CCCCCCCC/C=C\CCCC(CCCC1CCO1)OC(CCC/C=C\CCCCCCCC)CCCC1CCO1. The minimum absolute atomic E-state index is 0.403. The van der Waals surface area contributed by atoms with Crippen LogP contribution in [0.4, 0.5) is 0 Å². The predicted octanol–water partition coefficient (Wildman–Crippen LogP) is 12.6. The molecule has 2 fully saturated rings. The van der Waals surface area contributed by atoms with Crippen molar-refractivity contribution < 1.29 is 14.2 Å². The summed E-state index contributed by atoms with van der Waals surface area (Å²) in [5, 5.41) is 0. The Morgan fingerprint density at radius 2 is 0.837 bits per heavy atom. The van der Waals surface area contributed by atoms with Gasteiger partial charge in [-0.2, -0.15) is 0 Å². The first kappa shape index (κ1) is 38.5. The molecule has 0 N–H and O–H groups in total. The van der Waals surface area contributed by atoms with E-state index in [1.165, 1.54) is 180 Å². The second-order valence-corrected chi connectivity index (χ2v) is 13.7. The van der Waals surface area contributed by atoms with Gasteiger partial charge in [0, 0.05) is 13.2 Å². The van der Waals surface area contributed by atoms with Crippen LogP contribution < -0.4 is 0 Å². The molecule has 0 aromatic carbocycles. The average molecular weight is 603 g/mol. The summed E-state index contributed by atoms with van der Waals surface area (Å²) in [6.07, 6.45) is 47.9. The van der Waals surface area contributed by atoms with E-state index < -0.39 is 0 Å². The molecule has 0 bridgehead atoms. The predicted molar refractivity (Wildman–Crippen MR) is 187 cm³/mol. The molecule has 0 spiro atoms. The molecule has 3 heteroatoms. The molecule has 2 aliphatic heterocycles. The van der Waals surface area contributed by atoms with Crippen LogP contribution in [0.25, 0.3) is 0 Å². The molecule has 0 aromatic heterocycles. The topological polar surface area (TPSA) is 27.7 Å². The number of hydrogen-bond donors (Lipinski definition) is 0. The summed E-state index contributed by atoms with van der Waals surface area (Å²) in [4.78, 5) is 0. The Morgan fingerprint density at radius 3 is 1.21 bits per heavy atom. The third-order valence-electron chi connectivity index (χ3n) is 9.65. The van der Waals surface area contributed by atoms with Crippen molar-refractivity contribution in [2.75, 3.05) is 13.2 Å². The summed E-state index contributed by atoms with van der Waals surface area (Å²) in [5.74, 6) is 0. The maximum Gasteiger partial charge on any atom is 0.0597 e. The van der Waals surface area contributed by atoms with Gasteiger partial charge in [-0.25, -0.2) is 0 Å². The van der Waals surface area contributed by atoms with Crippen molar-refractivity contribution >= 4 is 0 Å². The molecule has 2 rings (SSSR count). The molecule has 3 nitrogen and oxygen atoms in total. The number of unbranched alkanes of at least 4 members (excludes halogenated alkanes) is 14. The lowest BCUT2D eigenvalue weighted by atomic mass is 9.99. The molecule has 4 unspecified atom stereocenters. The summed E-state index contributed by atoms with van der Waals surface area (Å²) in [6, 6.07) is 0. The minimum Gasteiger partial charge on any atom is -0.378 e. The smallest absolute Gasteiger partial charge is 0.0597 e. The van der Waals surface area contributed by atoms with Gasteiger partial charge in [-0.05, 0) is 116 Å². The fourth-order valence-electron chi connectivity index (χ4n) is 6.49. The Balaban J connectivity index is 1.71. The van der Waals surface area contributed by atoms with E-state index in [1.54, 1.807) is 0 Å². The van der Waals surface area contributed by atoms with E-state index in [9.17, 15) is 0 Å². The van der Waals surface area contributed by atoms with Crippen molar-refractivity contribution in [3.63, 3.8) is 0 Å². The zero-order valence-electron chi connectivity index (χ0n) is 29.1. The Kier molecular flexibility index (Phi) is 25.8.